The zero-order valence-electron chi connectivity index (χ0n) is 14.4. The molecule has 2 rings (SSSR count). The van der Waals surface area contributed by atoms with Crippen LogP contribution in [0.15, 0.2) is 24.5 Å². The van der Waals surface area contributed by atoms with Crippen LogP contribution in [0, 0.1) is 0 Å². The highest BCUT2D eigenvalue weighted by Gasteiger charge is 2.14. The van der Waals surface area contributed by atoms with E-state index in [0.717, 1.165) is 19.4 Å². The molecule has 25 heavy (non-hydrogen) atoms. The van der Waals surface area contributed by atoms with E-state index in [1.807, 2.05) is 0 Å². The number of carbonyl (C=O) groups excluding carboxylic acids is 1. The standard InChI is InChI=1S/C17H21ClN4O3/c1-4-5-6-19-17-20-9-11(10-21-17)16(23)22-13-8-14(24-2)12(18)7-15(13)25-3/h7-10H,4-6H2,1-3H3,(H,22,23)(H,19,20,21). The van der Waals surface area contributed by atoms with Crippen molar-refractivity contribution in [2.24, 2.45) is 0 Å². The molecular weight excluding hydrogens is 344 g/mol. The van der Waals surface area contributed by atoms with E-state index in [-0.39, 0.29) is 5.91 Å². The van der Waals surface area contributed by atoms with Gasteiger partial charge in [-0.05, 0) is 6.42 Å². The number of methoxy groups -OCH3 is 2. The number of ether oxygens (including phenoxy) is 2. The molecule has 1 heterocycles. The number of rotatable bonds is 8. The van der Waals surface area contributed by atoms with Gasteiger partial charge >= 0.3 is 0 Å². The van der Waals surface area contributed by atoms with E-state index in [1.54, 1.807) is 12.1 Å². The molecular formula is C17H21ClN4O3. The molecule has 8 heteroatoms. The number of nitrogens with zero attached hydrogens (tertiary/aromatic N) is 2. The molecule has 0 fully saturated rings. The van der Waals surface area contributed by atoms with E-state index < -0.39 is 0 Å². The summed E-state index contributed by atoms with van der Waals surface area (Å²) in [7, 11) is 2.99. The van der Waals surface area contributed by atoms with Crippen molar-refractivity contribution in [1.29, 1.82) is 0 Å². The zero-order chi connectivity index (χ0) is 18.2. The van der Waals surface area contributed by atoms with E-state index in [4.69, 9.17) is 21.1 Å². The second-order valence-electron chi connectivity index (χ2n) is 5.22. The Morgan fingerprint density at radius 1 is 1.16 bits per heavy atom. The summed E-state index contributed by atoms with van der Waals surface area (Å²) in [6.07, 6.45) is 5.05. The molecule has 0 atom stereocenters. The summed E-state index contributed by atoms with van der Waals surface area (Å²) < 4.78 is 10.4. The van der Waals surface area contributed by atoms with Gasteiger partial charge in [0.25, 0.3) is 5.91 Å². The van der Waals surface area contributed by atoms with Crippen molar-refractivity contribution in [3.05, 3.63) is 35.1 Å². The predicted molar refractivity (Wildman–Crippen MR) is 97.9 cm³/mol. The van der Waals surface area contributed by atoms with Gasteiger partial charge in [-0.2, -0.15) is 0 Å². The van der Waals surface area contributed by atoms with Gasteiger partial charge in [0, 0.05) is 31.1 Å². The Morgan fingerprint density at radius 3 is 2.44 bits per heavy atom. The molecule has 1 amide bonds. The molecule has 0 bridgehead atoms. The Balaban J connectivity index is 2.11. The number of aromatic nitrogens is 2. The number of halogens is 1. The molecule has 7 nitrogen and oxygen atoms in total. The summed E-state index contributed by atoms with van der Waals surface area (Å²) >= 11 is 6.06. The van der Waals surface area contributed by atoms with Crippen molar-refractivity contribution >= 4 is 29.1 Å². The molecule has 2 aromatic rings. The summed E-state index contributed by atoms with van der Waals surface area (Å²) in [6.45, 7) is 2.90. The fraction of sp³-hybridized carbons (Fsp3) is 0.353. The number of carbonyl (C=O) groups is 1. The van der Waals surface area contributed by atoms with Gasteiger partial charge in [0.15, 0.2) is 0 Å². The molecule has 0 aliphatic heterocycles. The Labute approximate surface area is 151 Å². The molecule has 0 radical (unpaired) electrons. The first kappa shape index (κ1) is 18.8. The minimum atomic E-state index is -0.359. The number of benzene rings is 1. The highest BCUT2D eigenvalue weighted by atomic mass is 35.5. The molecule has 0 spiro atoms. The summed E-state index contributed by atoms with van der Waals surface area (Å²) in [5.41, 5.74) is 0.774. The minimum Gasteiger partial charge on any atom is -0.495 e. The maximum Gasteiger partial charge on any atom is 0.258 e. The summed E-state index contributed by atoms with van der Waals surface area (Å²) in [4.78, 5) is 20.7. The van der Waals surface area contributed by atoms with Crippen molar-refractivity contribution in [3.63, 3.8) is 0 Å². The average Bonchev–Trinajstić information content (AvgIpc) is 2.63. The summed E-state index contributed by atoms with van der Waals surface area (Å²) in [6, 6.07) is 3.17. The highest BCUT2D eigenvalue weighted by molar-refractivity contribution is 6.32. The van der Waals surface area contributed by atoms with E-state index in [0.29, 0.717) is 33.7 Å². The van der Waals surface area contributed by atoms with Crippen molar-refractivity contribution in [2.75, 3.05) is 31.4 Å². The number of nitrogens with one attached hydrogen (secondary N) is 2. The van der Waals surface area contributed by atoms with Gasteiger partial charge in [-0.1, -0.05) is 24.9 Å². The van der Waals surface area contributed by atoms with Crippen LogP contribution in [-0.4, -0.2) is 36.6 Å². The highest BCUT2D eigenvalue weighted by Crippen LogP contribution is 2.36. The molecule has 0 aliphatic rings. The van der Waals surface area contributed by atoms with Gasteiger partial charge in [-0.15, -0.1) is 0 Å². The monoisotopic (exact) mass is 364 g/mol. The van der Waals surface area contributed by atoms with Crippen LogP contribution in [0.3, 0.4) is 0 Å². The largest absolute Gasteiger partial charge is 0.495 e. The maximum atomic E-state index is 12.4. The fourth-order valence-electron chi connectivity index (χ4n) is 2.07. The normalized spacial score (nSPS) is 10.2. The first-order valence-electron chi connectivity index (χ1n) is 7.87. The van der Waals surface area contributed by atoms with Crippen molar-refractivity contribution in [3.8, 4) is 11.5 Å². The van der Waals surface area contributed by atoms with Gasteiger partial charge in [0.2, 0.25) is 5.95 Å². The van der Waals surface area contributed by atoms with Crippen LogP contribution in [0.2, 0.25) is 5.02 Å². The first-order chi connectivity index (χ1) is 12.1. The van der Waals surface area contributed by atoms with Crippen molar-refractivity contribution in [2.45, 2.75) is 19.8 Å². The van der Waals surface area contributed by atoms with Gasteiger partial charge in [-0.3, -0.25) is 4.79 Å². The second-order valence-corrected chi connectivity index (χ2v) is 5.62. The van der Waals surface area contributed by atoms with Crippen molar-refractivity contribution < 1.29 is 14.3 Å². The number of hydrogen-bond donors (Lipinski definition) is 2. The van der Waals surface area contributed by atoms with Crippen LogP contribution in [0.1, 0.15) is 30.1 Å². The first-order valence-corrected chi connectivity index (χ1v) is 8.25. The minimum absolute atomic E-state index is 0.331. The van der Waals surface area contributed by atoms with E-state index in [1.165, 1.54) is 26.6 Å². The Kier molecular flexibility index (Phi) is 6.82. The third-order valence-corrected chi connectivity index (χ3v) is 3.74. The summed E-state index contributed by atoms with van der Waals surface area (Å²) in [5.74, 6) is 1.00. The Bertz CT molecular complexity index is 723. The van der Waals surface area contributed by atoms with Crippen LogP contribution < -0.4 is 20.1 Å². The zero-order valence-corrected chi connectivity index (χ0v) is 15.2. The Hall–Kier alpha value is -2.54. The molecule has 0 unspecified atom stereocenters. The fourth-order valence-corrected chi connectivity index (χ4v) is 2.30. The van der Waals surface area contributed by atoms with Crippen LogP contribution in [0.4, 0.5) is 11.6 Å². The lowest BCUT2D eigenvalue weighted by Crippen LogP contribution is -2.14. The number of hydrogen-bond acceptors (Lipinski definition) is 6. The number of amides is 1. The third kappa shape index (κ3) is 4.96. The van der Waals surface area contributed by atoms with E-state index in [2.05, 4.69) is 27.5 Å². The van der Waals surface area contributed by atoms with Gasteiger partial charge in [-0.25, -0.2) is 9.97 Å². The lowest BCUT2D eigenvalue weighted by molar-refractivity contribution is 0.102. The van der Waals surface area contributed by atoms with Crippen LogP contribution in [-0.2, 0) is 0 Å². The smallest absolute Gasteiger partial charge is 0.258 e. The second kappa shape index (κ2) is 9.08. The topological polar surface area (TPSA) is 85.4 Å². The lowest BCUT2D eigenvalue weighted by atomic mass is 10.2. The van der Waals surface area contributed by atoms with Crippen LogP contribution in [0.5, 0.6) is 11.5 Å². The van der Waals surface area contributed by atoms with Crippen LogP contribution in [0.25, 0.3) is 0 Å². The number of anilines is 2. The predicted octanol–water partition coefficient (Wildman–Crippen LogP) is 3.61. The van der Waals surface area contributed by atoms with Gasteiger partial charge in [0.1, 0.15) is 11.5 Å². The van der Waals surface area contributed by atoms with Crippen LogP contribution >= 0.6 is 11.6 Å². The lowest BCUT2D eigenvalue weighted by Gasteiger charge is -2.13. The number of unbranched alkanes of at least 4 members (excludes halogenated alkanes) is 1. The molecule has 1 aromatic heterocycles. The van der Waals surface area contributed by atoms with Crippen molar-refractivity contribution in [1.82, 2.24) is 9.97 Å². The molecule has 134 valence electrons. The molecule has 0 saturated heterocycles. The SMILES string of the molecule is CCCCNc1ncc(C(=O)Nc2cc(OC)c(Cl)cc2OC)cn1. The van der Waals surface area contributed by atoms with Gasteiger partial charge in [0.05, 0.1) is 30.5 Å². The third-order valence-electron chi connectivity index (χ3n) is 3.45. The van der Waals surface area contributed by atoms with Gasteiger partial charge < -0.3 is 20.1 Å². The quantitative estimate of drug-likeness (QED) is 0.696. The Morgan fingerprint density at radius 2 is 1.84 bits per heavy atom. The summed E-state index contributed by atoms with van der Waals surface area (Å²) in [5, 5.41) is 6.24. The van der Waals surface area contributed by atoms with E-state index in [9.17, 15) is 4.79 Å². The molecule has 2 N–H and O–H groups in total. The maximum absolute atomic E-state index is 12.4. The molecule has 0 aliphatic carbocycles. The molecule has 1 aromatic carbocycles. The van der Waals surface area contributed by atoms with E-state index >= 15 is 0 Å². The molecule has 0 saturated carbocycles. The average molecular weight is 365 g/mol.